The molecule has 6 rings (SSSR count). The highest BCUT2D eigenvalue weighted by molar-refractivity contribution is 5.69. The van der Waals surface area contributed by atoms with E-state index in [9.17, 15) is 4.79 Å². The summed E-state index contributed by atoms with van der Waals surface area (Å²) in [6.07, 6.45) is 8.05. The number of fused-ring (bicyclic) bond motifs is 1. The van der Waals surface area contributed by atoms with E-state index >= 15 is 0 Å². The summed E-state index contributed by atoms with van der Waals surface area (Å²) in [6, 6.07) is 13.7. The third-order valence-electron chi connectivity index (χ3n) is 10.3. The van der Waals surface area contributed by atoms with Crippen LogP contribution in [0.15, 0.2) is 36.4 Å². The summed E-state index contributed by atoms with van der Waals surface area (Å²) >= 11 is 0. The number of benzene rings is 1. The SMILES string of the molecule is CC[C@H](CN1CC[C@@H](CCCc2ccc3c(n2)NCCC3)C1)c1cc(N2CCN(C(=O)OC(C)(C)C)CC2)cc(-n2nc(C)cc2C)c1. The number of ether oxygens (including phenoxy) is 1. The summed E-state index contributed by atoms with van der Waals surface area (Å²) in [5, 5.41) is 8.34. The van der Waals surface area contributed by atoms with Gasteiger partial charge in [0.25, 0.3) is 0 Å². The van der Waals surface area contributed by atoms with Crippen molar-refractivity contribution in [2.24, 2.45) is 5.92 Å². The zero-order chi connectivity index (χ0) is 33.8. The number of pyridine rings is 1. The fourth-order valence-electron chi connectivity index (χ4n) is 7.70. The Balaban J connectivity index is 1.10. The Morgan fingerprint density at radius 1 is 1.04 bits per heavy atom. The molecule has 1 amide bonds. The fraction of sp³-hybridized carbons (Fsp3) is 0.615. The van der Waals surface area contributed by atoms with Crippen LogP contribution >= 0.6 is 0 Å². The lowest BCUT2D eigenvalue weighted by Gasteiger charge is -2.37. The largest absolute Gasteiger partial charge is 0.444 e. The molecule has 2 saturated heterocycles. The van der Waals surface area contributed by atoms with Crippen molar-refractivity contribution in [1.82, 2.24) is 24.6 Å². The summed E-state index contributed by atoms with van der Waals surface area (Å²) in [4.78, 5) is 24.6. The maximum absolute atomic E-state index is 12.7. The van der Waals surface area contributed by atoms with Crippen LogP contribution in [0.4, 0.5) is 16.3 Å². The number of likely N-dealkylation sites (tertiary alicyclic amines) is 1. The Hall–Kier alpha value is -3.59. The molecule has 0 radical (unpaired) electrons. The number of carbonyl (C=O) groups is 1. The minimum atomic E-state index is -0.487. The van der Waals surface area contributed by atoms with Crippen molar-refractivity contribution >= 4 is 17.6 Å². The minimum absolute atomic E-state index is 0.221. The molecule has 3 aromatic rings. The first-order valence-corrected chi connectivity index (χ1v) is 18.4. The molecule has 1 N–H and O–H groups in total. The highest BCUT2D eigenvalue weighted by Gasteiger charge is 2.28. The lowest BCUT2D eigenvalue weighted by Crippen LogP contribution is -2.50. The Morgan fingerprint density at radius 2 is 1.83 bits per heavy atom. The maximum atomic E-state index is 12.7. The van der Waals surface area contributed by atoms with Crippen molar-refractivity contribution in [2.75, 3.05) is 62.6 Å². The minimum Gasteiger partial charge on any atom is -0.444 e. The molecule has 5 heterocycles. The molecule has 3 aliphatic heterocycles. The topological polar surface area (TPSA) is 78.8 Å². The number of carbonyl (C=O) groups excluding carboxylic acids is 1. The molecule has 1 aromatic carbocycles. The van der Waals surface area contributed by atoms with Gasteiger partial charge in [-0.1, -0.05) is 13.0 Å². The zero-order valence-electron chi connectivity index (χ0n) is 30.2. The number of aryl methyl sites for hydroxylation is 4. The van der Waals surface area contributed by atoms with E-state index < -0.39 is 5.60 Å². The number of piperazine rings is 1. The van der Waals surface area contributed by atoms with E-state index in [-0.39, 0.29) is 6.09 Å². The van der Waals surface area contributed by atoms with Crippen LogP contribution in [-0.4, -0.2) is 88.6 Å². The van der Waals surface area contributed by atoms with Crippen LogP contribution in [0, 0.1) is 19.8 Å². The normalized spacial score (nSPS) is 19.2. The van der Waals surface area contributed by atoms with Crippen LogP contribution < -0.4 is 10.2 Å². The Bertz CT molecular complexity index is 1550. The third-order valence-corrected chi connectivity index (χ3v) is 10.3. The molecule has 9 nitrogen and oxygen atoms in total. The van der Waals surface area contributed by atoms with Crippen LogP contribution in [0.1, 0.15) is 93.9 Å². The molecule has 0 aliphatic carbocycles. The summed E-state index contributed by atoms with van der Waals surface area (Å²) in [7, 11) is 0. The number of aromatic nitrogens is 3. The summed E-state index contributed by atoms with van der Waals surface area (Å²) in [5.41, 5.74) is 7.99. The number of rotatable bonds is 10. The van der Waals surface area contributed by atoms with Gasteiger partial charge in [-0.05, 0) is 139 Å². The van der Waals surface area contributed by atoms with E-state index in [1.54, 1.807) is 0 Å². The number of nitrogens with zero attached hydrogens (tertiary/aromatic N) is 6. The standard InChI is InChI=1S/C39H57N7O2/c1-7-31(27-43-17-15-30(26-43)10-8-12-34-14-13-32-11-9-16-40-37(32)41-34)33-23-35(25-36(24-33)46-29(3)22-28(2)42-46)44-18-20-45(21-19-44)38(47)48-39(4,5)6/h13-14,22-25,30-31H,7-12,15-21,26-27H2,1-6H3,(H,40,41)/t30-,31-/m1/s1. The van der Waals surface area contributed by atoms with Gasteiger partial charge in [0.05, 0.1) is 11.4 Å². The number of hydrogen-bond acceptors (Lipinski definition) is 7. The number of amides is 1. The van der Waals surface area contributed by atoms with E-state index in [1.165, 1.54) is 61.3 Å². The van der Waals surface area contributed by atoms with E-state index in [2.05, 4.69) is 77.0 Å². The molecule has 3 aliphatic rings. The molecular weight excluding hydrogens is 598 g/mol. The highest BCUT2D eigenvalue weighted by Crippen LogP contribution is 2.32. The quantitative estimate of drug-likeness (QED) is 0.249. The molecule has 260 valence electrons. The fourth-order valence-corrected chi connectivity index (χ4v) is 7.70. The predicted molar refractivity (Wildman–Crippen MR) is 195 cm³/mol. The second-order valence-corrected chi connectivity index (χ2v) is 15.3. The third kappa shape index (κ3) is 8.52. The molecule has 2 fully saturated rings. The predicted octanol–water partition coefficient (Wildman–Crippen LogP) is 7.14. The average molecular weight is 656 g/mol. The summed E-state index contributed by atoms with van der Waals surface area (Å²) in [5.74, 6) is 2.32. The van der Waals surface area contributed by atoms with Crippen LogP contribution in [0.5, 0.6) is 0 Å². The van der Waals surface area contributed by atoms with Gasteiger partial charge in [0.1, 0.15) is 11.4 Å². The van der Waals surface area contributed by atoms with Gasteiger partial charge < -0.3 is 24.8 Å². The molecule has 2 atom stereocenters. The molecule has 48 heavy (non-hydrogen) atoms. The maximum Gasteiger partial charge on any atom is 0.410 e. The molecular formula is C39H57N7O2. The first-order chi connectivity index (χ1) is 23.0. The zero-order valence-corrected chi connectivity index (χ0v) is 30.2. The van der Waals surface area contributed by atoms with Crippen molar-refractivity contribution in [3.05, 3.63) is 64.6 Å². The van der Waals surface area contributed by atoms with Crippen LogP contribution in [0.2, 0.25) is 0 Å². The summed E-state index contributed by atoms with van der Waals surface area (Å²) < 4.78 is 7.74. The molecule has 0 unspecified atom stereocenters. The molecule has 9 heteroatoms. The van der Waals surface area contributed by atoms with Gasteiger partial charge in [0, 0.05) is 62.9 Å². The number of hydrogen-bond donors (Lipinski definition) is 1. The van der Waals surface area contributed by atoms with Gasteiger partial charge >= 0.3 is 6.09 Å². The van der Waals surface area contributed by atoms with Crippen molar-refractivity contribution in [1.29, 1.82) is 0 Å². The average Bonchev–Trinajstić information content (AvgIpc) is 3.67. The van der Waals surface area contributed by atoms with E-state index in [0.717, 1.165) is 74.3 Å². The Kier molecular flexibility index (Phi) is 10.6. The van der Waals surface area contributed by atoms with Crippen LogP contribution in [-0.2, 0) is 17.6 Å². The number of nitrogens with one attached hydrogen (secondary N) is 1. The van der Waals surface area contributed by atoms with Crippen molar-refractivity contribution in [3.63, 3.8) is 0 Å². The smallest absolute Gasteiger partial charge is 0.410 e. The van der Waals surface area contributed by atoms with Crippen molar-refractivity contribution in [3.8, 4) is 5.69 Å². The molecule has 0 spiro atoms. The molecule has 2 aromatic heterocycles. The second kappa shape index (κ2) is 14.9. The molecule has 0 bridgehead atoms. The van der Waals surface area contributed by atoms with Crippen LogP contribution in [0.25, 0.3) is 5.69 Å². The second-order valence-electron chi connectivity index (χ2n) is 15.3. The first-order valence-electron chi connectivity index (χ1n) is 18.4. The Labute approximate surface area is 288 Å². The van der Waals surface area contributed by atoms with Gasteiger partial charge in [-0.3, -0.25) is 0 Å². The van der Waals surface area contributed by atoms with Crippen molar-refractivity contribution < 1.29 is 9.53 Å². The number of anilines is 2. The monoisotopic (exact) mass is 655 g/mol. The van der Waals surface area contributed by atoms with E-state index in [1.807, 2.05) is 25.7 Å². The highest BCUT2D eigenvalue weighted by atomic mass is 16.6. The summed E-state index contributed by atoms with van der Waals surface area (Å²) in [6.45, 7) is 19.6. The van der Waals surface area contributed by atoms with Gasteiger partial charge in [-0.25, -0.2) is 14.5 Å². The van der Waals surface area contributed by atoms with Crippen molar-refractivity contribution in [2.45, 2.75) is 98.0 Å². The van der Waals surface area contributed by atoms with E-state index in [0.29, 0.717) is 19.0 Å². The van der Waals surface area contributed by atoms with Gasteiger partial charge in [0.2, 0.25) is 0 Å². The molecule has 0 saturated carbocycles. The van der Waals surface area contributed by atoms with Gasteiger partial charge in [-0.15, -0.1) is 0 Å². The lowest BCUT2D eigenvalue weighted by molar-refractivity contribution is 0.0240. The van der Waals surface area contributed by atoms with E-state index in [4.69, 9.17) is 14.8 Å². The van der Waals surface area contributed by atoms with Crippen LogP contribution in [0.3, 0.4) is 0 Å². The van der Waals surface area contributed by atoms with Gasteiger partial charge in [-0.2, -0.15) is 5.10 Å². The van der Waals surface area contributed by atoms with Gasteiger partial charge in [0.15, 0.2) is 0 Å². The lowest BCUT2D eigenvalue weighted by atomic mass is 9.94. The Morgan fingerprint density at radius 3 is 2.56 bits per heavy atom. The first kappa shape index (κ1) is 34.3.